The SMILES string of the molecule is FC(F)(F)CCCn1ccc2c(Cl)cc(Cl)cc21. The van der Waals surface area contributed by atoms with Crippen molar-refractivity contribution >= 4 is 34.1 Å². The summed E-state index contributed by atoms with van der Waals surface area (Å²) < 4.78 is 38.0. The number of rotatable bonds is 3. The van der Waals surface area contributed by atoms with Crippen molar-refractivity contribution in [3.63, 3.8) is 0 Å². The molecule has 0 atom stereocenters. The number of nitrogens with zero attached hydrogens (tertiary/aromatic N) is 1. The van der Waals surface area contributed by atoms with Crippen LogP contribution < -0.4 is 0 Å². The molecule has 0 spiro atoms. The Bertz CT molecular complexity index is 560. The first-order valence-electron chi connectivity index (χ1n) is 5.37. The van der Waals surface area contributed by atoms with E-state index in [0.717, 1.165) is 10.9 Å². The van der Waals surface area contributed by atoms with Gasteiger partial charge in [0.2, 0.25) is 0 Å². The third kappa shape index (κ3) is 3.12. The highest BCUT2D eigenvalue weighted by atomic mass is 35.5. The van der Waals surface area contributed by atoms with Crippen LogP contribution in [0, 0.1) is 0 Å². The van der Waals surface area contributed by atoms with Gasteiger partial charge in [-0.3, -0.25) is 0 Å². The zero-order valence-corrected chi connectivity index (χ0v) is 10.8. The smallest absolute Gasteiger partial charge is 0.347 e. The Morgan fingerprint density at radius 3 is 2.56 bits per heavy atom. The molecule has 1 heterocycles. The topological polar surface area (TPSA) is 4.93 Å². The van der Waals surface area contributed by atoms with E-state index >= 15 is 0 Å². The van der Waals surface area contributed by atoms with Crippen molar-refractivity contribution in [3.05, 3.63) is 34.4 Å². The maximum Gasteiger partial charge on any atom is 0.389 e. The second-order valence-corrected chi connectivity index (χ2v) is 4.89. The highest BCUT2D eigenvalue weighted by Crippen LogP contribution is 2.29. The van der Waals surface area contributed by atoms with Crippen LogP contribution >= 0.6 is 23.2 Å². The lowest BCUT2D eigenvalue weighted by Gasteiger charge is -2.08. The van der Waals surface area contributed by atoms with Gasteiger partial charge in [0, 0.05) is 29.6 Å². The van der Waals surface area contributed by atoms with E-state index in [1.807, 2.05) is 0 Å². The summed E-state index contributed by atoms with van der Waals surface area (Å²) in [7, 11) is 0. The molecule has 18 heavy (non-hydrogen) atoms. The predicted molar refractivity (Wildman–Crippen MR) is 67.2 cm³/mol. The number of aromatic nitrogens is 1. The summed E-state index contributed by atoms with van der Waals surface area (Å²) in [6.07, 6.45) is -3.14. The molecule has 0 radical (unpaired) electrons. The number of benzene rings is 1. The van der Waals surface area contributed by atoms with Gasteiger partial charge in [-0.05, 0) is 24.6 Å². The fourth-order valence-electron chi connectivity index (χ4n) is 1.86. The zero-order valence-electron chi connectivity index (χ0n) is 9.27. The molecule has 0 fully saturated rings. The molecule has 1 aromatic heterocycles. The van der Waals surface area contributed by atoms with Crippen LogP contribution in [0.25, 0.3) is 10.9 Å². The molecule has 0 aliphatic heterocycles. The minimum absolute atomic E-state index is 0.0391. The van der Waals surface area contributed by atoms with E-state index in [0.29, 0.717) is 16.6 Å². The van der Waals surface area contributed by atoms with Gasteiger partial charge >= 0.3 is 6.18 Å². The number of alkyl halides is 3. The Morgan fingerprint density at radius 1 is 1.17 bits per heavy atom. The van der Waals surface area contributed by atoms with Crippen molar-refractivity contribution in [2.24, 2.45) is 0 Å². The Labute approximate surface area is 112 Å². The monoisotopic (exact) mass is 295 g/mol. The molecular weight excluding hydrogens is 286 g/mol. The summed E-state index contributed by atoms with van der Waals surface area (Å²) in [5.41, 5.74) is 0.759. The van der Waals surface area contributed by atoms with Crippen molar-refractivity contribution < 1.29 is 13.2 Å². The Kier molecular flexibility index (Phi) is 3.78. The van der Waals surface area contributed by atoms with Crippen molar-refractivity contribution in [1.29, 1.82) is 0 Å². The van der Waals surface area contributed by atoms with E-state index in [4.69, 9.17) is 23.2 Å². The molecule has 2 rings (SSSR count). The Morgan fingerprint density at radius 2 is 1.89 bits per heavy atom. The lowest BCUT2D eigenvalue weighted by Crippen LogP contribution is -2.08. The van der Waals surface area contributed by atoms with Crippen LogP contribution in [0.1, 0.15) is 12.8 Å². The normalized spacial score (nSPS) is 12.3. The largest absolute Gasteiger partial charge is 0.389 e. The summed E-state index contributed by atoms with van der Waals surface area (Å²) in [5.74, 6) is 0. The zero-order chi connectivity index (χ0) is 13.3. The molecule has 2 aromatic rings. The number of aryl methyl sites for hydroxylation is 1. The van der Waals surface area contributed by atoms with Crippen molar-refractivity contribution in [1.82, 2.24) is 4.57 Å². The first kappa shape index (κ1) is 13.6. The fraction of sp³-hybridized carbons (Fsp3) is 0.333. The molecule has 0 saturated heterocycles. The average molecular weight is 296 g/mol. The molecule has 0 unspecified atom stereocenters. The van der Waals surface area contributed by atoms with E-state index in [1.165, 1.54) is 0 Å². The third-order valence-electron chi connectivity index (χ3n) is 2.66. The van der Waals surface area contributed by atoms with Crippen LogP contribution in [-0.4, -0.2) is 10.7 Å². The number of hydrogen-bond acceptors (Lipinski definition) is 0. The van der Waals surface area contributed by atoms with Crippen LogP contribution in [0.5, 0.6) is 0 Å². The van der Waals surface area contributed by atoms with E-state index in [9.17, 15) is 13.2 Å². The molecular formula is C12H10Cl2F3N. The quantitative estimate of drug-likeness (QED) is 0.725. The van der Waals surface area contributed by atoms with Crippen LogP contribution in [0.3, 0.4) is 0 Å². The Balaban J connectivity index is 2.19. The maximum absolute atomic E-state index is 12.1. The van der Waals surface area contributed by atoms with Crippen molar-refractivity contribution in [3.8, 4) is 0 Å². The summed E-state index contributed by atoms with van der Waals surface area (Å²) in [6, 6.07) is 5.10. The van der Waals surface area contributed by atoms with Gasteiger partial charge in [-0.1, -0.05) is 23.2 Å². The minimum Gasteiger partial charge on any atom is -0.347 e. The van der Waals surface area contributed by atoms with E-state index < -0.39 is 12.6 Å². The van der Waals surface area contributed by atoms with Gasteiger partial charge in [0.15, 0.2) is 0 Å². The maximum atomic E-state index is 12.1. The second kappa shape index (κ2) is 5.02. The molecule has 0 bridgehead atoms. The van der Waals surface area contributed by atoms with Gasteiger partial charge in [0.1, 0.15) is 0 Å². The summed E-state index contributed by atoms with van der Waals surface area (Å²) in [6.45, 7) is 0.291. The van der Waals surface area contributed by atoms with Crippen molar-refractivity contribution in [2.75, 3.05) is 0 Å². The van der Waals surface area contributed by atoms with E-state index in [-0.39, 0.29) is 6.42 Å². The number of hydrogen-bond donors (Lipinski definition) is 0. The first-order valence-corrected chi connectivity index (χ1v) is 6.13. The van der Waals surface area contributed by atoms with Gasteiger partial charge < -0.3 is 4.57 Å². The molecule has 0 N–H and O–H groups in total. The minimum atomic E-state index is -4.11. The summed E-state index contributed by atoms with van der Waals surface area (Å²) in [5, 5.41) is 1.78. The van der Waals surface area contributed by atoms with Crippen molar-refractivity contribution in [2.45, 2.75) is 25.6 Å². The van der Waals surface area contributed by atoms with Gasteiger partial charge in [-0.25, -0.2) is 0 Å². The van der Waals surface area contributed by atoms with Crippen LogP contribution in [0.2, 0.25) is 10.0 Å². The highest BCUT2D eigenvalue weighted by Gasteiger charge is 2.26. The fourth-order valence-corrected chi connectivity index (χ4v) is 2.41. The van der Waals surface area contributed by atoms with Gasteiger partial charge in [0.05, 0.1) is 10.5 Å². The van der Waals surface area contributed by atoms with Gasteiger partial charge in [0.25, 0.3) is 0 Å². The predicted octanol–water partition coefficient (Wildman–Crippen LogP) is 5.29. The molecule has 98 valence electrons. The van der Waals surface area contributed by atoms with Crippen LogP contribution in [0.4, 0.5) is 13.2 Å². The average Bonchev–Trinajstić information content (AvgIpc) is 2.60. The van der Waals surface area contributed by atoms with E-state index in [1.54, 1.807) is 29.0 Å². The number of halogens is 5. The molecule has 6 heteroatoms. The second-order valence-electron chi connectivity index (χ2n) is 4.05. The molecule has 0 aliphatic rings. The molecule has 1 aromatic carbocycles. The van der Waals surface area contributed by atoms with Crippen LogP contribution in [0.15, 0.2) is 24.4 Å². The lowest BCUT2D eigenvalue weighted by atomic mass is 10.2. The van der Waals surface area contributed by atoms with E-state index in [2.05, 4.69) is 0 Å². The molecule has 0 amide bonds. The summed E-state index contributed by atoms with van der Waals surface area (Å²) in [4.78, 5) is 0. The van der Waals surface area contributed by atoms with Gasteiger partial charge in [-0.15, -0.1) is 0 Å². The van der Waals surface area contributed by atoms with Crippen LogP contribution in [-0.2, 0) is 6.54 Å². The third-order valence-corrected chi connectivity index (χ3v) is 3.19. The molecule has 1 nitrogen and oxygen atoms in total. The first-order chi connectivity index (χ1) is 8.37. The molecule has 0 aliphatic carbocycles. The number of fused-ring (bicyclic) bond motifs is 1. The lowest BCUT2D eigenvalue weighted by molar-refractivity contribution is -0.135. The summed E-state index contributed by atoms with van der Waals surface area (Å²) >= 11 is 11.9. The highest BCUT2D eigenvalue weighted by molar-refractivity contribution is 6.38. The molecule has 0 saturated carbocycles. The standard InChI is InChI=1S/C12H10Cl2F3N/c13-8-6-10(14)9-2-5-18(11(9)7-8)4-1-3-12(15,16)17/h2,5-7H,1,3-4H2. The van der Waals surface area contributed by atoms with Gasteiger partial charge in [-0.2, -0.15) is 13.2 Å². The Hall–Kier alpha value is -0.870.